The number of fused-ring (bicyclic) bond motifs is 3. The third kappa shape index (κ3) is 1.68. The summed E-state index contributed by atoms with van der Waals surface area (Å²) in [6.45, 7) is 0. The van der Waals surface area contributed by atoms with Gasteiger partial charge in [-0.2, -0.15) is 0 Å². The molecule has 4 rings (SSSR count). The Kier molecular flexibility index (Phi) is 2.46. The van der Waals surface area contributed by atoms with Gasteiger partial charge in [-0.3, -0.25) is 0 Å². The van der Waals surface area contributed by atoms with Crippen LogP contribution in [0, 0.1) is 5.92 Å². The summed E-state index contributed by atoms with van der Waals surface area (Å²) < 4.78 is 5.93. The summed E-state index contributed by atoms with van der Waals surface area (Å²) >= 11 is 0. The molecular formula is C18H16O2. The van der Waals surface area contributed by atoms with Crippen molar-refractivity contribution in [2.75, 3.05) is 0 Å². The zero-order chi connectivity index (χ0) is 13.6. The molecule has 0 aliphatic heterocycles. The smallest absolute Gasteiger partial charge is 0.339 e. The SMILES string of the molecule is O=C(O[C@@]12C[C@@H]1CCc1ccccc12)c1ccccc1. The molecule has 0 bridgehead atoms. The lowest BCUT2D eigenvalue weighted by molar-refractivity contribution is 0.0140. The van der Waals surface area contributed by atoms with Crippen LogP contribution in [0.25, 0.3) is 0 Å². The summed E-state index contributed by atoms with van der Waals surface area (Å²) in [5.41, 5.74) is 2.85. The van der Waals surface area contributed by atoms with E-state index in [1.54, 1.807) is 0 Å². The second kappa shape index (κ2) is 4.20. The highest BCUT2D eigenvalue weighted by atomic mass is 16.6. The van der Waals surface area contributed by atoms with E-state index < -0.39 is 0 Å². The van der Waals surface area contributed by atoms with Crippen molar-refractivity contribution in [3.8, 4) is 0 Å². The van der Waals surface area contributed by atoms with E-state index in [1.807, 2.05) is 36.4 Å². The maximum Gasteiger partial charge on any atom is 0.339 e. The highest BCUT2D eigenvalue weighted by molar-refractivity contribution is 5.90. The number of aryl methyl sites for hydroxylation is 1. The number of carbonyl (C=O) groups is 1. The maximum absolute atomic E-state index is 12.3. The first-order valence-electron chi connectivity index (χ1n) is 7.16. The topological polar surface area (TPSA) is 26.3 Å². The van der Waals surface area contributed by atoms with Gasteiger partial charge in [0.25, 0.3) is 0 Å². The van der Waals surface area contributed by atoms with Gasteiger partial charge in [-0.1, -0.05) is 42.5 Å². The van der Waals surface area contributed by atoms with E-state index in [1.165, 1.54) is 11.1 Å². The highest BCUT2D eigenvalue weighted by Gasteiger charge is 2.61. The summed E-state index contributed by atoms with van der Waals surface area (Å²) in [4.78, 5) is 12.3. The Hall–Kier alpha value is -2.09. The van der Waals surface area contributed by atoms with Crippen LogP contribution in [0.5, 0.6) is 0 Å². The fourth-order valence-electron chi connectivity index (χ4n) is 3.43. The van der Waals surface area contributed by atoms with Crippen LogP contribution in [0.4, 0.5) is 0 Å². The molecule has 1 saturated carbocycles. The van der Waals surface area contributed by atoms with Gasteiger partial charge < -0.3 is 4.74 Å². The van der Waals surface area contributed by atoms with Crippen molar-refractivity contribution in [3.05, 3.63) is 71.3 Å². The number of benzene rings is 2. The first-order chi connectivity index (χ1) is 9.79. The predicted molar refractivity (Wildman–Crippen MR) is 76.4 cm³/mol. The van der Waals surface area contributed by atoms with E-state index in [0.29, 0.717) is 11.5 Å². The van der Waals surface area contributed by atoms with Crippen molar-refractivity contribution < 1.29 is 9.53 Å². The van der Waals surface area contributed by atoms with E-state index in [-0.39, 0.29) is 11.6 Å². The summed E-state index contributed by atoms with van der Waals surface area (Å²) in [5.74, 6) is 0.301. The Morgan fingerprint density at radius 2 is 1.80 bits per heavy atom. The molecule has 0 spiro atoms. The monoisotopic (exact) mass is 264 g/mol. The molecule has 2 aliphatic carbocycles. The van der Waals surface area contributed by atoms with E-state index >= 15 is 0 Å². The molecule has 0 heterocycles. The van der Waals surface area contributed by atoms with Gasteiger partial charge in [0.1, 0.15) is 5.60 Å². The van der Waals surface area contributed by atoms with Crippen LogP contribution in [-0.4, -0.2) is 5.97 Å². The number of rotatable bonds is 2. The van der Waals surface area contributed by atoms with Gasteiger partial charge in [0.2, 0.25) is 0 Å². The van der Waals surface area contributed by atoms with Crippen molar-refractivity contribution in [2.45, 2.75) is 24.9 Å². The highest BCUT2D eigenvalue weighted by Crippen LogP contribution is 2.61. The third-order valence-corrected chi connectivity index (χ3v) is 4.57. The number of hydrogen-bond donors (Lipinski definition) is 0. The Morgan fingerprint density at radius 3 is 2.65 bits per heavy atom. The largest absolute Gasteiger partial charge is 0.450 e. The van der Waals surface area contributed by atoms with Gasteiger partial charge in [-0.15, -0.1) is 0 Å². The predicted octanol–water partition coefficient (Wildman–Crippen LogP) is 3.71. The first-order valence-corrected chi connectivity index (χ1v) is 7.16. The molecule has 0 aromatic heterocycles. The van der Waals surface area contributed by atoms with Crippen molar-refractivity contribution in [3.63, 3.8) is 0 Å². The summed E-state index contributed by atoms with van der Waals surface area (Å²) in [6, 6.07) is 17.6. The Bertz CT molecular complexity index is 662. The Balaban J connectivity index is 1.66. The number of carbonyl (C=O) groups excluding carboxylic acids is 1. The average molecular weight is 264 g/mol. The molecule has 20 heavy (non-hydrogen) atoms. The summed E-state index contributed by atoms with van der Waals surface area (Å²) in [6.07, 6.45) is 3.20. The lowest BCUT2D eigenvalue weighted by Crippen LogP contribution is -2.24. The van der Waals surface area contributed by atoms with Crippen LogP contribution in [0.1, 0.15) is 34.3 Å². The minimum absolute atomic E-state index is 0.204. The van der Waals surface area contributed by atoms with Crippen molar-refractivity contribution >= 4 is 5.97 Å². The lowest BCUT2D eigenvalue weighted by atomic mass is 9.89. The minimum atomic E-state index is -0.345. The number of esters is 1. The van der Waals surface area contributed by atoms with Crippen molar-refractivity contribution in [2.24, 2.45) is 5.92 Å². The number of ether oxygens (including phenoxy) is 1. The maximum atomic E-state index is 12.3. The van der Waals surface area contributed by atoms with E-state index in [9.17, 15) is 4.79 Å². The lowest BCUT2D eigenvalue weighted by Gasteiger charge is -2.26. The van der Waals surface area contributed by atoms with Crippen LogP contribution in [0.3, 0.4) is 0 Å². The molecule has 0 radical (unpaired) electrons. The normalized spacial score (nSPS) is 26.3. The minimum Gasteiger partial charge on any atom is -0.450 e. The summed E-state index contributed by atoms with van der Waals surface area (Å²) in [5, 5.41) is 0. The molecule has 0 N–H and O–H groups in total. The van der Waals surface area contributed by atoms with Gasteiger partial charge in [-0.05, 0) is 42.5 Å². The molecule has 2 aromatic rings. The molecule has 0 saturated heterocycles. The Morgan fingerprint density at radius 1 is 1.05 bits per heavy atom. The van der Waals surface area contributed by atoms with Crippen molar-refractivity contribution in [1.82, 2.24) is 0 Å². The first kappa shape index (κ1) is 11.7. The van der Waals surface area contributed by atoms with Crippen LogP contribution >= 0.6 is 0 Å². The second-order valence-electron chi connectivity index (χ2n) is 5.74. The quantitative estimate of drug-likeness (QED) is 0.773. The molecule has 2 aliphatic rings. The van der Waals surface area contributed by atoms with Crippen LogP contribution in [0.15, 0.2) is 54.6 Å². The second-order valence-corrected chi connectivity index (χ2v) is 5.74. The molecule has 2 nitrogen and oxygen atoms in total. The fraction of sp³-hybridized carbons (Fsp3) is 0.278. The standard InChI is InChI=1S/C18H16O2/c19-17(14-7-2-1-3-8-14)20-18-12-15(18)11-10-13-6-4-5-9-16(13)18/h1-9,15H,10-12H2/t15-,18-/m0/s1. The van der Waals surface area contributed by atoms with Gasteiger partial charge in [0.05, 0.1) is 5.56 Å². The Labute approximate surface area is 118 Å². The molecule has 2 aromatic carbocycles. The van der Waals surface area contributed by atoms with E-state index in [0.717, 1.165) is 19.3 Å². The molecule has 2 atom stereocenters. The molecule has 2 heteroatoms. The van der Waals surface area contributed by atoms with E-state index in [2.05, 4.69) is 18.2 Å². The average Bonchev–Trinajstić information content (AvgIpc) is 3.23. The molecular weight excluding hydrogens is 248 g/mol. The zero-order valence-electron chi connectivity index (χ0n) is 11.2. The molecule has 0 unspecified atom stereocenters. The van der Waals surface area contributed by atoms with Gasteiger partial charge in [0, 0.05) is 5.92 Å². The van der Waals surface area contributed by atoms with Gasteiger partial charge >= 0.3 is 5.97 Å². The molecule has 100 valence electrons. The van der Waals surface area contributed by atoms with Crippen LogP contribution in [0.2, 0.25) is 0 Å². The fourth-order valence-corrected chi connectivity index (χ4v) is 3.43. The van der Waals surface area contributed by atoms with Gasteiger partial charge in [0.15, 0.2) is 0 Å². The summed E-state index contributed by atoms with van der Waals surface area (Å²) in [7, 11) is 0. The number of hydrogen-bond acceptors (Lipinski definition) is 2. The van der Waals surface area contributed by atoms with Crippen molar-refractivity contribution in [1.29, 1.82) is 0 Å². The zero-order valence-corrected chi connectivity index (χ0v) is 11.2. The van der Waals surface area contributed by atoms with E-state index in [4.69, 9.17) is 4.74 Å². The van der Waals surface area contributed by atoms with Crippen LogP contribution < -0.4 is 0 Å². The third-order valence-electron chi connectivity index (χ3n) is 4.57. The molecule has 0 amide bonds. The van der Waals surface area contributed by atoms with Crippen LogP contribution in [-0.2, 0) is 16.8 Å². The molecule has 1 fully saturated rings. The van der Waals surface area contributed by atoms with Gasteiger partial charge in [-0.25, -0.2) is 4.79 Å².